The van der Waals surface area contributed by atoms with Gasteiger partial charge in [-0.05, 0) is 0 Å². The quantitative estimate of drug-likeness (QED) is 0.216. The first-order chi connectivity index (χ1) is 1.91. The first-order valence-corrected chi connectivity index (χ1v) is 1.59. The first-order valence-electron chi connectivity index (χ1n) is 0.773. The fourth-order valence-electron chi connectivity index (χ4n) is 0. The van der Waals surface area contributed by atoms with Crippen LogP contribution in [0.1, 0.15) is 0 Å². The molecule has 0 aromatic carbocycles. The van der Waals surface area contributed by atoms with Crippen LogP contribution in [0, 0.1) is 4.91 Å². The van der Waals surface area contributed by atoms with E-state index in [1.807, 2.05) is 5.34 Å². The lowest BCUT2D eigenvalue weighted by Gasteiger charge is -1.65. The molecule has 30 valence electrons. The van der Waals surface area contributed by atoms with Crippen LogP contribution in [0.5, 0.6) is 0 Å². The molecule has 0 unspecified atom stereocenters. The number of rotatable bonds is 1. The van der Waals surface area contributed by atoms with Crippen molar-refractivity contribution in [1.82, 2.24) is 0 Å². The van der Waals surface area contributed by atoms with Crippen molar-refractivity contribution in [3.05, 3.63) is 4.91 Å². The molecule has 0 saturated carbocycles. The summed E-state index contributed by atoms with van der Waals surface area (Å²) in [5.74, 6) is 0. The van der Waals surface area contributed by atoms with Gasteiger partial charge in [-0.1, -0.05) is 0 Å². The molecule has 0 rings (SSSR count). The molecule has 0 radical (unpaired) electrons. The van der Waals surface area contributed by atoms with Gasteiger partial charge in [0.15, 0.2) is 17.4 Å². The van der Waals surface area contributed by atoms with Gasteiger partial charge in [0.05, 0.1) is 0 Å². The van der Waals surface area contributed by atoms with Gasteiger partial charge in [0.2, 0.25) is 10.5 Å². The molecule has 0 atom stereocenters. The maximum atomic E-state index is 8.74. The summed E-state index contributed by atoms with van der Waals surface area (Å²) in [6.07, 6.45) is 0. The lowest BCUT2D eigenvalue weighted by Crippen LogP contribution is -1.58. The number of hydrogen-bond acceptors (Lipinski definition) is 3. The molecule has 0 aromatic rings. The van der Waals surface area contributed by atoms with Crippen molar-refractivity contribution in [3.8, 4) is 0 Å². The van der Waals surface area contributed by atoms with E-state index < -0.39 is 0 Å². The highest BCUT2D eigenvalue weighted by atomic mass is 28.2. The zero-order valence-electron chi connectivity index (χ0n) is 2.26. The van der Waals surface area contributed by atoms with Gasteiger partial charge in [-0.2, -0.15) is 0 Å². The smallest absolute Gasteiger partial charge is 0.247 e. The van der Waals surface area contributed by atoms with Crippen LogP contribution in [0.3, 0.4) is 0 Å². The Kier molecular flexibility index (Phi) is 15.9. The molecule has 0 amide bonds. The Morgan fingerprint density at radius 2 is 2.00 bits per heavy atom. The van der Waals surface area contributed by atoms with Crippen LogP contribution >= 0.6 is 0 Å². The minimum Gasteiger partial charge on any atom is -0.436 e. The van der Waals surface area contributed by atoms with Crippen molar-refractivity contribution >= 4 is 27.8 Å². The van der Waals surface area contributed by atoms with Gasteiger partial charge < -0.3 is 4.53 Å². The van der Waals surface area contributed by atoms with E-state index in [0.717, 1.165) is 0 Å². The largest absolute Gasteiger partial charge is 0.436 e. The Morgan fingerprint density at radius 1 is 1.80 bits per heavy atom. The van der Waals surface area contributed by atoms with Gasteiger partial charge in [0.1, 0.15) is 5.34 Å². The Balaban J connectivity index is 0. The maximum absolute atomic E-state index is 8.74. The van der Waals surface area contributed by atoms with Crippen molar-refractivity contribution in [2.24, 2.45) is 5.34 Å². The maximum Gasteiger partial charge on any atom is 0.247 e. The van der Waals surface area contributed by atoms with Gasteiger partial charge in [0.25, 0.3) is 0 Å². The second-order valence-corrected chi connectivity index (χ2v) is 0.622. The van der Waals surface area contributed by atoms with Gasteiger partial charge in [-0.3, -0.25) is 0 Å². The third-order valence-corrected chi connectivity index (χ3v) is 0.224. The summed E-state index contributed by atoms with van der Waals surface area (Å²) in [6, 6.07) is 0. The Labute approximate surface area is 43.3 Å². The minimum atomic E-state index is 0. The van der Waals surface area contributed by atoms with E-state index in [9.17, 15) is 0 Å². The second-order valence-electron chi connectivity index (χ2n) is 0.257. The van der Waals surface area contributed by atoms with E-state index in [1.165, 1.54) is 0 Å². The Bertz CT molecular complexity index is 23.6. The summed E-state index contributed by atoms with van der Waals surface area (Å²) in [7, 11) is 0.410. The van der Waals surface area contributed by atoms with Gasteiger partial charge in [0, 0.05) is 0 Å². The van der Waals surface area contributed by atoms with E-state index >= 15 is 0 Å². The third-order valence-electron chi connectivity index (χ3n) is 0.0745. The highest BCUT2D eigenvalue weighted by Crippen LogP contribution is 1.50. The second kappa shape index (κ2) is 8.91. The average Bonchev–Trinajstić information content (AvgIpc) is 1.37. The van der Waals surface area contributed by atoms with Gasteiger partial charge >= 0.3 is 0 Å². The van der Waals surface area contributed by atoms with Gasteiger partial charge in [-0.15, -0.1) is 4.91 Å². The number of nitrogens with zero attached hydrogens (tertiary/aromatic N) is 1. The van der Waals surface area contributed by atoms with E-state index in [1.54, 1.807) is 0 Å². The molecule has 5 heteroatoms. The zero-order chi connectivity index (χ0) is 3.41. The van der Waals surface area contributed by atoms with Crippen LogP contribution in [-0.4, -0.2) is 27.8 Å². The number of hydrogen-bond donors (Lipinski definition) is 0. The van der Waals surface area contributed by atoms with Crippen LogP contribution in [0.25, 0.3) is 0 Å². The van der Waals surface area contributed by atoms with Crippen LogP contribution in [0.2, 0.25) is 0 Å². The van der Waals surface area contributed by atoms with Crippen molar-refractivity contribution < 1.29 is 4.53 Å². The normalized spacial score (nSPS) is 4.80. The van der Waals surface area contributed by atoms with E-state index in [4.69, 9.17) is 4.91 Å². The van der Waals surface area contributed by atoms with Crippen LogP contribution in [0.4, 0.5) is 0 Å². The van der Waals surface area contributed by atoms with Crippen molar-refractivity contribution in [1.29, 1.82) is 0 Å². The molecule has 0 aromatic heterocycles. The molecule has 0 bridgehead atoms. The molecule has 0 aliphatic carbocycles. The summed E-state index contributed by atoms with van der Waals surface area (Å²) in [6.45, 7) is 0. The Morgan fingerprint density at radius 3 is 2.00 bits per heavy atom. The van der Waals surface area contributed by atoms with Crippen molar-refractivity contribution in [3.63, 3.8) is 0 Å². The molecule has 5 heavy (non-hydrogen) atoms. The predicted molar refractivity (Wildman–Crippen MR) is 26.8 cm³/mol. The first kappa shape index (κ1) is 8.94. The monoisotopic (exact) mass is 107 g/mol. The summed E-state index contributed by atoms with van der Waals surface area (Å²) in [5, 5.41) is 2.05. The average molecular weight is 107 g/mol. The van der Waals surface area contributed by atoms with Gasteiger partial charge in [-0.25, -0.2) is 0 Å². The van der Waals surface area contributed by atoms with E-state index in [0.29, 0.717) is 10.5 Å². The van der Waals surface area contributed by atoms with Crippen LogP contribution in [0.15, 0.2) is 5.34 Å². The summed E-state index contributed by atoms with van der Waals surface area (Å²) >= 11 is 0. The van der Waals surface area contributed by atoms with Crippen molar-refractivity contribution in [2.75, 3.05) is 0 Å². The molecule has 0 heterocycles. The summed E-state index contributed by atoms with van der Waals surface area (Å²) < 4.78 is 3.75. The molecule has 0 fully saturated rings. The standard InChI is InChI=1S/Al.H3NO2Si.3H/c;2-1-3-4;;;/h;4H3;;;. The molecule has 0 aliphatic rings. The van der Waals surface area contributed by atoms with Crippen molar-refractivity contribution in [2.45, 2.75) is 0 Å². The topological polar surface area (TPSA) is 38.7 Å². The zero-order valence-corrected chi connectivity index (χ0v) is 4.26. The molecule has 3 nitrogen and oxygen atoms in total. The molecule has 0 aliphatic heterocycles. The molecule has 0 spiro atoms. The molecular formula is H6AlNO2Si. The van der Waals surface area contributed by atoms with E-state index in [-0.39, 0.29) is 17.4 Å². The Hall–Kier alpha value is 0.149. The summed E-state index contributed by atoms with van der Waals surface area (Å²) in [4.78, 5) is 8.74. The lowest BCUT2D eigenvalue weighted by atomic mass is 13.4. The molecular weight excluding hydrogens is 101 g/mol. The SMILES string of the molecule is O=NO[SiH3].[AlH3]. The van der Waals surface area contributed by atoms with Crippen LogP contribution in [-0.2, 0) is 4.53 Å². The highest BCUT2D eigenvalue weighted by molar-refractivity contribution is 5.97. The molecule has 0 N–H and O–H groups in total. The summed E-state index contributed by atoms with van der Waals surface area (Å²) in [5.41, 5.74) is 0. The highest BCUT2D eigenvalue weighted by Gasteiger charge is 1.44. The molecule has 0 saturated heterocycles. The minimum absolute atomic E-state index is 0. The predicted octanol–water partition coefficient (Wildman–Crippen LogP) is -2.22. The van der Waals surface area contributed by atoms with Crippen LogP contribution < -0.4 is 0 Å². The van der Waals surface area contributed by atoms with E-state index in [2.05, 4.69) is 4.53 Å². The fourth-order valence-corrected chi connectivity index (χ4v) is 0. The lowest BCUT2D eigenvalue weighted by molar-refractivity contribution is 0.371. The third kappa shape index (κ3) is 14.5. The fraction of sp³-hybridized carbons (Fsp3) is 0.